The van der Waals surface area contributed by atoms with Crippen molar-refractivity contribution < 1.29 is 14.3 Å². The number of hydrogen-bond donors (Lipinski definition) is 0. The molecule has 158 valence electrons. The van der Waals surface area contributed by atoms with E-state index in [9.17, 15) is 9.59 Å². The molecule has 3 heteroatoms. The standard InChI is InChI=1S/C24H44O3/c1-3-5-7-8-9-10-11-12-13-14-15-16-17-18-20-22-24(26)27-23(25)21-19-6-4-2/h12-13H,3-11,14-22H2,1-2H3. The Morgan fingerprint density at radius 1 is 0.556 bits per heavy atom. The van der Waals surface area contributed by atoms with Crippen LogP contribution in [0.1, 0.15) is 129 Å². The predicted molar refractivity (Wildman–Crippen MR) is 115 cm³/mol. The van der Waals surface area contributed by atoms with Gasteiger partial charge in [0, 0.05) is 12.8 Å². The van der Waals surface area contributed by atoms with Crippen LogP contribution in [0, 0.1) is 0 Å². The van der Waals surface area contributed by atoms with Gasteiger partial charge in [0.05, 0.1) is 0 Å². The third-order valence-corrected chi connectivity index (χ3v) is 4.85. The third-order valence-electron chi connectivity index (χ3n) is 4.85. The zero-order valence-corrected chi connectivity index (χ0v) is 18.1. The van der Waals surface area contributed by atoms with Crippen LogP contribution in [0.4, 0.5) is 0 Å². The molecule has 0 aliphatic heterocycles. The van der Waals surface area contributed by atoms with Crippen molar-refractivity contribution in [2.45, 2.75) is 129 Å². The van der Waals surface area contributed by atoms with Crippen LogP contribution in [0.25, 0.3) is 0 Å². The van der Waals surface area contributed by atoms with E-state index < -0.39 is 0 Å². The summed E-state index contributed by atoms with van der Waals surface area (Å²) in [5.74, 6) is -0.713. The maximum atomic E-state index is 11.6. The summed E-state index contributed by atoms with van der Waals surface area (Å²) in [5.41, 5.74) is 0. The highest BCUT2D eigenvalue weighted by Gasteiger charge is 2.09. The molecular weight excluding hydrogens is 336 g/mol. The SMILES string of the molecule is CCCCCCCCC=CCCCCCCCC(=O)OC(=O)CCCCC. The van der Waals surface area contributed by atoms with Gasteiger partial charge in [0.2, 0.25) is 0 Å². The lowest BCUT2D eigenvalue weighted by Gasteiger charge is -2.03. The fourth-order valence-corrected chi connectivity index (χ4v) is 3.09. The lowest BCUT2D eigenvalue weighted by Crippen LogP contribution is -2.11. The summed E-state index contributed by atoms with van der Waals surface area (Å²) in [5, 5.41) is 0. The van der Waals surface area contributed by atoms with E-state index in [4.69, 9.17) is 4.74 Å². The Hall–Kier alpha value is -1.12. The van der Waals surface area contributed by atoms with Crippen LogP contribution in [0.2, 0.25) is 0 Å². The van der Waals surface area contributed by atoms with Crippen LogP contribution >= 0.6 is 0 Å². The minimum absolute atomic E-state index is 0.353. The maximum Gasteiger partial charge on any atom is 0.313 e. The number of ether oxygens (including phenoxy) is 1. The zero-order chi connectivity index (χ0) is 20.0. The van der Waals surface area contributed by atoms with Gasteiger partial charge in [-0.1, -0.05) is 90.2 Å². The van der Waals surface area contributed by atoms with Crippen molar-refractivity contribution >= 4 is 11.9 Å². The van der Waals surface area contributed by atoms with Crippen LogP contribution in [-0.2, 0) is 14.3 Å². The molecule has 0 heterocycles. The van der Waals surface area contributed by atoms with E-state index >= 15 is 0 Å². The molecule has 0 atom stereocenters. The number of unbranched alkanes of at least 4 members (excludes halogenated alkanes) is 13. The Morgan fingerprint density at radius 3 is 1.44 bits per heavy atom. The Balaban J connectivity index is 3.31. The Kier molecular flexibility index (Phi) is 20.3. The van der Waals surface area contributed by atoms with Gasteiger partial charge in [0.15, 0.2) is 0 Å². The van der Waals surface area contributed by atoms with E-state index in [2.05, 4.69) is 26.0 Å². The number of esters is 2. The quantitative estimate of drug-likeness (QED) is 0.0999. The summed E-state index contributed by atoms with van der Waals surface area (Å²) in [4.78, 5) is 23.0. The molecule has 0 saturated carbocycles. The van der Waals surface area contributed by atoms with Crippen LogP contribution < -0.4 is 0 Å². The highest BCUT2D eigenvalue weighted by atomic mass is 16.6. The topological polar surface area (TPSA) is 43.4 Å². The molecular formula is C24H44O3. The third kappa shape index (κ3) is 21.0. The van der Waals surface area contributed by atoms with E-state index in [1.165, 1.54) is 64.2 Å². The maximum absolute atomic E-state index is 11.6. The number of carbonyl (C=O) groups is 2. The molecule has 0 aromatic rings. The van der Waals surface area contributed by atoms with Gasteiger partial charge in [0.1, 0.15) is 0 Å². The van der Waals surface area contributed by atoms with Gasteiger partial charge >= 0.3 is 11.9 Å². The minimum atomic E-state index is -0.360. The number of carbonyl (C=O) groups excluding carboxylic acids is 2. The normalized spacial score (nSPS) is 11.2. The largest absolute Gasteiger partial charge is 0.393 e. The first-order valence-corrected chi connectivity index (χ1v) is 11.6. The van der Waals surface area contributed by atoms with Crippen molar-refractivity contribution in [3.05, 3.63) is 12.2 Å². The lowest BCUT2D eigenvalue weighted by molar-refractivity contribution is -0.159. The molecule has 0 aliphatic rings. The van der Waals surface area contributed by atoms with E-state index in [1.807, 2.05) is 0 Å². The zero-order valence-electron chi connectivity index (χ0n) is 18.1. The van der Waals surface area contributed by atoms with Gasteiger partial charge in [-0.25, -0.2) is 0 Å². The van der Waals surface area contributed by atoms with Gasteiger partial charge in [-0.3, -0.25) is 9.59 Å². The molecule has 0 aromatic heterocycles. The summed E-state index contributed by atoms with van der Waals surface area (Å²) in [6.45, 7) is 4.35. The van der Waals surface area contributed by atoms with Crippen molar-refractivity contribution in [1.82, 2.24) is 0 Å². The second-order valence-electron chi connectivity index (χ2n) is 7.64. The average molecular weight is 381 g/mol. The first-order chi connectivity index (χ1) is 13.2. The lowest BCUT2D eigenvalue weighted by atomic mass is 10.1. The summed E-state index contributed by atoms with van der Waals surface area (Å²) < 4.78 is 4.83. The first kappa shape index (κ1) is 25.9. The van der Waals surface area contributed by atoms with Crippen LogP contribution in [-0.4, -0.2) is 11.9 Å². The van der Waals surface area contributed by atoms with Crippen LogP contribution in [0.3, 0.4) is 0 Å². The van der Waals surface area contributed by atoms with Crippen molar-refractivity contribution in [3.63, 3.8) is 0 Å². The van der Waals surface area contributed by atoms with E-state index in [1.54, 1.807) is 0 Å². The molecule has 0 aromatic carbocycles. The number of allylic oxidation sites excluding steroid dienone is 2. The van der Waals surface area contributed by atoms with Gasteiger partial charge in [-0.2, -0.15) is 0 Å². The molecule has 0 fully saturated rings. The summed E-state index contributed by atoms with van der Waals surface area (Å²) >= 11 is 0. The first-order valence-electron chi connectivity index (χ1n) is 11.6. The predicted octanol–water partition coefficient (Wildman–Crippen LogP) is 7.67. The molecule has 0 amide bonds. The smallest absolute Gasteiger partial charge is 0.313 e. The van der Waals surface area contributed by atoms with Crippen LogP contribution in [0.15, 0.2) is 12.2 Å². The molecule has 27 heavy (non-hydrogen) atoms. The monoisotopic (exact) mass is 380 g/mol. The van der Waals surface area contributed by atoms with Gasteiger partial charge in [-0.05, 0) is 38.5 Å². The van der Waals surface area contributed by atoms with Crippen molar-refractivity contribution in [1.29, 1.82) is 0 Å². The molecule has 0 saturated heterocycles. The van der Waals surface area contributed by atoms with Crippen molar-refractivity contribution in [2.24, 2.45) is 0 Å². The van der Waals surface area contributed by atoms with E-state index in [0.29, 0.717) is 12.8 Å². The second kappa shape index (κ2) is 21.2. The van der Waals surface area contributed by atoms with Crippen molar-refractivity contribution in [3.8, 4) is 0 Å². The Morgan fingerprint density at radius 2 is 0.926 bits per heavy atom. The van der Waals surface area contributed by atoms with E-state index in [-0.39, 0.29) is 11.9 Å². The molecule has 3 nitrogen and oxygen atoms in total. The molecule has 0 bridgehead atoms. The molecule has 0 aliphatic carbocycles. The van der Waals surface area contributed by atoms with Gasteiger partial charge in [0.25, 0.3) is 0 Å². The van der Waals surface area contributed by atoms with Gasteiger partial charge in [-0.15, -0.1) is 0 Å². The summed E-state index contributed by atoms with van der Waals surface area (Å²) in [6, 6.07) is 0. The summed E-state index contributed by atoms with van der Waals surface area (Å²) in [6.07, 6.45) is 24.4. The molecule has 0 spiro atoms. The molecule has 0 N–H and O–H groups in total. The molecule has 0 radical (unpaired) electrons. The van der Waals surface area contributed by atoms with E-state index in [0.717, 1.165) is 38.5 Å². The minimum Gasteiger partial charge on any atom is -0.393 e. The highest BCUT2D eigenvalue weighted by molar-refractivity contribution is 5.85. The Labute approximate surface area is 168 Å². The average Bonchev–Trinajstić information content (AvgIpc) is 2.65. The Bertz CT molecular complexity index is 374. The van der Waals surface area contributed by atoms with Crippen molar-refractivity contribution in [2.75, 3.05) is 0 Å². The fraction of sp³-hybridized carbons (Fsp3) is 0.833. The summed E-state index contributed by atoms with van der Waals surface area (Å²) in [7, 11) is 0. The highest BCUT2D eigenvalue weighted by Crippen LogP contribution is 2.10. The number of hydrogen-bond acceptors (Lipinski definition) is 3. The second-order valence-corrected chi connectivity index (χ2v) is 7.64. The number of rotatable bonds is 19. The molecule has 0 unspecified atom stereocenters. The fourth-order valence-electron chi connectivity index (χ4n) is 3.09. The van der Waals surface area contributed by atoms with Crippen LogP contribution in [0.5, 0.6) is 0 Å². The molecule has 0 rings (SSSR count). The van der Waals surface area contributed by atoms with Gasteiger partial charge < -0.3 is 4.74 Å².